The van der Waals surface area contributed by atoms with Crippen molar-refractivity contribution in [3.8, 4) is 0 Å². The first kappa shape index (κ1) is 10.5. The van der Waals surface area contributed by atoms with Gasteiger partial charge in [0.1, 0.15) is 0 Å². The zero-order valence-electron chi connectivity index (χ0n) is 8.92. The van der Waals surface area contributed by atoms with Gasteiger partial charge in [-0.2, -0.15) is 0 Å². The molecule has 0 aliphatic carbocycles. The summed E-state index contributed by atoms with van der Waals surface area (Å²) in [6.45, 7) is 1.85. The van der Waals surface area contributed by atoms with E-state index in [0.717, 1.165) is 11.0 Å². The Balaban J connectivity index is 2.41. The third-order valence-corrected chi connectivity index (χ3v) is 2.54. The van der Waals surface area contributed by atoms with Crippen LogP contribution in [0.4, 0.5) is 5.69 Å². The number of aliphatic carboxylic acids is 1. The number of benzene rings is 1. The van der Waals surface area contributed by atoms with E-state index in [9.17, 15) is 4.79 Å². The van der Waals surface area contributed by atoms with Crippen molar-refractivity contribution in [1.82, 2.24) is 9.55 Å². The second kappa shape index (κ2) is 3.84. The number of rotatable bonds is 3. The van der Waals surface area contributed by atoms with Crippen LogP contribution in [0.5, 0.6) is 0 Å². The van der Waals surface area contributed by atoms with Gasteiger partial charge in [0.05, 0.1) is 23.8 Å². The quantitative estimate of drug-likeness (QED) is 0.769. The lowest BCUT2D eigenvalue weighted by Gasteiger charge is -2.11. The highest BCUT2D eigenvalue weighted by Gasteiger charge is 2.12. The first-order chi connectivity index (χ1) is 7.58. The standard InChI is InChI=1S/C11H13N3O2/c1-7(4-11(15)16)14-6-13-9-5-8(12)2-3-10(9)14/h2-3,5-7H,4,12H2,1H3,(H,15,16). The molecule has 1 aromatic carbocycles. The van der Waals surface area contributed by atoms with E-state index in [1.54, 1.807) is 18.5 Å². The number of carboxylic acid groups (broad SMARTS) is 1. The van der Waals surface area contributed by atoms with E-state index in [4.69, 9.17) is 10.8 Å². The van der Waals surface area contributed by atoms with Crippen LogP contribution in [-0.4, -0.2) is 20.6 Å². The molecule has 0 radical (unpaired) electrons. The van der Waals surface area contributed by atoms with Gasteiger partial charge in [-0.05, 0) is 25.1 Å². The number of carboxylic acids is 1. The third kappa shape index (κ3) is 1.84. The highest BCUT2D eigenvalue weighted by atomic mass is 16.4. The topological polar surface area (TPSA) is 81.1 Å². The molecule has 1 aromatic heterocycles. The summed E-state index contributed by atoms with van der Waals surface area (Å²) in [5.41, 5.74) is 8.00. The monoisotopic (exact) mass is 219 g/mol. The Morgan fingerprint density at radius 3 is 3.06 bits per heavy atom. The number of nitrogens with two attached hydrogens (primary N) is 1. The Morgan fingerprint density at radius 1 is 1.62 bits per heavy atom. The Bertz CT molecular complexity index is 533. The van der Waals surface area contributed by atoms with Crippen molar-refractivity contribution in [2.45, 2.75) is 19.4 Å². The van der Waals surface area contributed by atoms with Gasteiger partial charge in [-0.25, -0.2) is 4.98 Å². The summed E-state index contributed by atoms with van der Waals surface area (Å²) in [4.78, 5) is 14.8. The Labute approximate surface area is 92.5 Å². The molecule has 16 heavy (non-hydrogen) atoms. The molecule has 0 spiro atoms. The van der Waals surface area contributed by atoms with Crippen molar-refractivity contribution in [2.24, 2.45) is 0 Å². The van der Waals surface area contributed by atoms with E-state index in [0.29, 0.717) is 5.69 Å². The minimum Gasteiger partial charge on any atom is -0.481 e. The first-order valence-corrected chi connectivity index (χ1v) is 5.02. The predicted octanol–water partition coefficient (Wildman–Crippen LogP) is 1.65. The van der Waals surface area contributed by atoms with Crippen LogP contribution in [0.1, 0.15) is 19.4 Å². The van der Waals surface area contributed by atoms with E-state index in [1.807, 2.05) is 17.6 Å². The molecule has 1 unspecified atom stereocenters. The summed E-state index contributed by atoms with van der Waals surface area (Å²) < 4.78 is 1.85. The lowest BCUT2D eigenvalue weighted by atomic mass is 10.2. The lowest BCUT2D eigenvalue weighted by molar-refractivity contribution is -0.137. The summed E-state index contributed by atoms with van der Waals surface area (Å²) in [6.07, 6.45) is 1.73. The molecule has 84 valence electrons. The van der Waals surface area contributed by atoms with Gasteiger partial charge in [0.15, 0.2) is 0 Å². The molecule has 1 atom stereocenters. The van der Waals surface area contributed by atoms with Crippen molar-refractivity contribution in [2.75, 3.05) is 5.73 Å². The van der Waals surface area contributed by atoms with Gasteiger partial charge in [0, 0.05) is 11.7 Å². The lowest BCUT2D eigenvalue weighted by Crippen LogP contribution is -2.09. The smallest absolute Gasteiger partial charge is 0.305 e. The van der Waals surface area contributed by atoms with Gasteiger partial charge >= 0.3 is 5.97 Å². The van der Waals surface area contributed by atoms with Crippen LogP contribution < -0.4 is 5.73 Å². The molecule has 0 amide bonds. The van der Waals surface area contributed by atoms with Crippen molar-refractivity contribution < 1.29 is 9.90 Å². The maximum Gasteiger partial charge on any atom is 0.305 e. The third-order valence-electron chi connectivity index (χ3n) is 2.54. The average molecular weight is 219 g/mol. The molecule has 0 saturated heterocycles. The van der Waals surface area contributed by atoms with Crippen LogP contribution in [0.3, 0.4) is 0 Å². The average Bonchev–Trinajstić information content (AvgIpc) is 2.59. The number of aromatic nitrogens is 2. The molecule has 3 N–H and O–H groups in total. The molecule has 0 aliphatic rings. The second-order valence-corrected chi connectivity index (χ2v) is 3.85. The van der Waals surface area contributed by atoms with Crippen LogP contribution in [0.15, 0.2) is 24.5 Å². The largest absolute Gasteiger partial charge is 0.481 e. The van der Waals surface area contributed by atoms with Crippen LogP contribution in [-0.2, 0) is 4.79 Å². The van der Waals surface area contributed by atoms with E-state index in [2.05, 4.69) is 4.98 Å². The number of hydrogen-bond donors (Lipinski definition) is 2. The molecule has 0 fully saturated rings. The number of fused-ring (bicyclic) bond motifs is 1. The maximum atomic E-state index is 10.6. The van der Waals surface area contributed by atoms with Gasteiger partial charge in [-0.1, -0.05) is 0 Å². The molecular formula is C11H13N3O2. The van der Waals surface area contributed by atoms with Crippen molar-refractivity contribution in [3.05, 3.63) is 24.5 Å². The predicted molar refractivity (Wildman–Crippen MR) is 61.1 cm³/mol. The summed E-state index contributed by atoms with van der Waals surface area (Å²) >= 11 is 0. The number of nitrogens with zero attached hydrogens (tertiary/aromatic N) is 2. The first-order valence-electron chi connectivity index (χ1n) is 5.02. The van der Waals surface area contributed by atoms with Gasteiger partial charge in [-0.3, -0.25) is 4.79 Å². The van der Waals surface area contributed by atoms with Crippen molar-refractivity contribution >= 4 is 22.7 Å². The Morgan fingerprint density at radius 2 is 2.38 bits per heavy atom. The summed E-state index contributed by atoms with van der Waals surface area (Å²) in [7, 11) is 0. The van der Waals surface area contributed by atoms with Crippen molar-refractivity contribution in [3.63, 3.8) is 0 Å². The van der Waals surface area contributed by atoms with E-state index < -0.39 is 5.97 Å². The van der Waals surface area contributed by atoms with Crippen LogP contribution in [0, 0.1) is 0 Å². The molecule has 0 saturated carbocycles. The Kier molecular flexibility index (Phi) is 2.52. The molecular weight excluding hydrogens is 206 g/mol. The van der Waals surface area contributed by atoms with Crippen LogP contribution in [0.2, 0.25) is 0 Å². The number of carbonyl (C=O) groups is 1. The van der Waals surface area contributed by atoms with Crippen molar-refractivity contribution in [1.29, 1.82) is 0 Å². The van der Waals surface area contributed by atoms with Crippen LogP contribution >= 0.6 is 0 Å². The van der Waals surface area contributed by atoms with E-state index >= 15 is 0 Å². The zero-order valence-corrected chi connectivity index (χ0v) is 8.92. The molecule has 5 heteroatoms. The van der Waals surface area contributed by atoms with Gasteiger partial charge in [0.25, 0.3) is 0 Å². The van der Waals surface area contributed by atoms with Gasteiger partial charge in [0.2, 0.25) is 0 Å². The fraction of sp³-hybridized carbons (Fsp3) is 0.273. The molecule has 2 aromatic rings. The number of anilines is 1. The van der Waals surface area contributed by atoms with Gasteiger partial charge < -0.3 is 15.4 Å². The molecule has 2 rings (SSSR count). The fourth-order valence-electron chi connectivity index (χ4n) is 1.75. The minimum atomic E-state index is -0.815. The van der Waals surface area contributed by atoms with E-state index in [1.165, 1.54) is 0 Å². The number of imidazole rings is 1. The zero-order chi connectivity index (χ0) is 11.7. The molecule has 5 nitrogen and oxygen atoms in total. The summed E-state index contributed by atoms with van der Waals surface area (Å²) in [5, 5.41) is 8.75. The molecule has 0 bridgehead atoms. The minimum absolute atomic E-state index is 0.0792. The van der Waals surface area contributed by atoms with Crippen LogP contribution in [0.25, 0.3) is 11.0 Å². The normalized spacial score (nSPS) is 12.8. The second-order valence-electron chi connectivity index (χ2n) is 3.85. The van der Waals surface area contributed by atoms with E-state index in [-0.39, 0.29) is 12.5 Å². The summed E-state index contributed by atoms with van der Waals surface area (Å²) in [5.74, 6) is -0.815. The summed E-state index contributed by atoms with van der Waals surface area (Å²) in [6, 6.07) is 5.30. The van der Waals surface area contributed by atoms with Gasteiger partial charge in [-0.15, -0.1) is 0 Å². The SMILES string of the molecule is CC(CC(=O)O)n1cnc2cc(N)ccc21. The highest BCUT2D eigenvalue weighted by Crippen LogP contribution is 2.21. The number of hydrogen-bond acceptors (Lipinski definition) is 3. The molecule has 1 heterocycles. The highest BCUT2D eigenvalue weighted by molar-refractivity contribution is 5.79. The number of nitrogen functional groups attached to an aromatic ring is 1. The maximum absolute atomic E-state index is 10.6. The molecule has 0 aliphatic heterocycles. The fourth-order valence-corrected chi connectivity index (χ4v) is 1.75. The Hall–Kier alpha value is -2.04.